The van der Waals surface area contributed by atoms with Gasteiger partial charge in [0, 0.05) is 0 Å². The van der Waals surface area contributed by atoms with E-state index in [1.807, 2.05) is 11.4 Å². The lowest BCUT2D eigenvalue weighted by Crippen LogP contribution is -2.29. The number of rotatable bonds is 6. The molecule has 1 unspecified atom stereocenters. The van der Waals surface area contributed by atoms with Crippen molar-refractivity contribution in [3.63, 3.8) is 0 Å². The van der Waals surface area contributed by atoms with Crippen molar-refractivity contribution < 1.29 is 18.7 Å². The first-order valence-corrected chi connectivity index (χ1v) is 7.68. The first kappa shape index (κ1) is 15.4. The molecular weight excluding hydrogens is 323 g/mol. The summed E-state index contributed by atoms with van der Waals surface area (Å²) in [5, 5.41) is 15.8. The van der Waals surface area contributed by atoms with E-state index in [4.69, 9.17) is 9.15 Å². The minimum atomic E-state index is -1.03. The van der Waals surface area contributed by atoms with Gasteiger partial charge in [-0.2, -0.15) is 4.68 Å². The van der Waals surface area contributed by atoms with Gasteiger partial charge in [0.15, 0.2) is 11.6 Å². The number of nitrogens with zero attached hydrogens (tertiary/aromatic N) is 2. The molecule has 0 radical (unpaired) electrons. The quantitative estimate of drug-likeness (QED) is 0.746. The first-order chi connectivity index (χ1) is 11.1. The van der Waals surface area contributed by atoms with Crippen LogP contribution in [0.5, 0.6) is 5.75 Å². The molecule has 0 aliphatic rings. The smallest absolute Gasteiger partial charge is 0.437 e. The van der Waals surface area contributed by atoms with Crippen LogP contribution in [-0.4, -0.2) is 27.6 Å². The van der Waals surface area contributed by atoms with Crippen LogP contribution in [0.2, 0.25) is 0 Å². The van der Waals surface area contributed by atoms with E-state index in [0.717, 1.165) is 9.56 Å². The van der Waals surface area contributed by atoms with Crippen molar-refractivity contribution in [2.75, 3.05) is 6.61 Å². The Labute approximate surface area is 134 Å². The Morgan fingerprint density at radius 2 is 2.17 bits per heavy atom. The average Bonchev–Trinajstić information content (AvgIpc) is 3.17. The highest BCUT2D eigenvalue weighted by Gasteiger charge is 2.15. The molecule has 0 spiro atoms. The fourth-order valence-corrected chi connectivity index (χ4v) is 2.57. The summed E-state index contributed by atoms with van der Waals surface area (Å²) in [6.45, 7) is -0.281. The number of ether oxygens (including phenoxy) is 1. The van der Waals surface area contributed by atoms with Gasteiger partial charge in [0.1, 0.15) is 12.7 Å². The maximum Gasteiger partial charge on any atom is 0.437 e. The molecule has 1 aromatic carbocycles. The monoisotopic (exact) mass is 336 g/mol. The molecule has 1 atom stereocenters. The molecule has 3 rings (SSSR count). The number of aliphatic hydroxyl groups is 1. The largest absolute Gasteiger partial charge is 0.488 e. The van der Waals surface area contributed by atoms with Gasteiger partial charge in [-0.3, -0.25) is 0 Å². The first-order valence-electron chi connectivity index (χ1n) is 6.80. The highest BCUT2D eigenvalue weighted by Crippen LogP contribution is 2.21. The molecule has 6 nitrogen and oxygen atoms in total. The minimum Gasteiger partial charge on any atom is -0.488 e. The van der Waals surface area contributed by atoms with Crippen LogP contribution in [0.25, 0.3) is 10.8 Å². The summed E-state index contributed by atoms with van der Waals surface area (Å²) >= 11 is 1.39. The Kier molecular flexibility index (Phi) is 4.54. The fourth-order valence-electron chi connectivity index (χ4n) is 1.92. The van der Waals surface area contributed by atoms with E-state index >= 15 is 0 Å². The third-order valence-electron chi connectivity index (χ3n) is 2.99. The van der Waals surface area contributed by atoms with Gasteiger partial charge in [0.05, 0.1) is 11.4 Å². The summed E-state index contributed by atoms with van der Waals surface area (Å²) in [7, 11) is 0. The molecule has 2 aromatic heterocycles. The second kappa shape index (κ2) is 6.76. The van der Waals surface area contributed by atoms with Crippen molar-refractivity contribution in [2.45, 2.75) is 12.6 Å². The number of hydrogen-bond acceptors (Lipinski definition) is 6. The normalized spacial score (nSPS) is 12.3. The summed E-state index contributed by atoms with van der Waals surface area (Å²) in [5.74, 6) is -0.942. The lowest BCUT2D eigenvalue weighted by molar-refractivity contribution is 0.0856. The van der Waals surface area contributed by atoms with Crippen molar-refractivity contribution in [1.29, 1.82) is 0 Å². The standard InChI is InChI=1S/C15H13FN2O4S/c16-11-4-1-2-5-12(11)21-9-10(19)8-18-15(20)22-14(17-18)13-6-3-7-23-13/h1-7,10,19H,8-9H2. The zero-order chi connectivity index (χ0) is 16.2. The van der Waals surface area contributed by atoms with Crippen LogP contribution in [0.1, 0.15) is 0 Å². The van der Waals surface area contributed by atoms with E-state index in [2.05, 4.69) is 5.10 Å². The van der Waals surface area contributed by atoms with Crippen molar-refractivity contribution in [3.8, 4) is 16.5 Å². The predicted molar refractivity (Wildman–Crippen MR) is 82.0 cm³/mol. The minimum absolute atomic E-state index is 0.0401. The van der Waals surface area contributed by atoms with E-state index < -0.39 is 17.7 Å². The molecule has 2 heterocycles. The van der Waals surface area contributed by atoms with Gasteiger partial charge in [-0.25, -0.2) is 9.18 Å². The second-order valence-electron chi connectivity index (χ2n) is 4.73. The zero-order valence-electron chi connectivity index (χ0n) is 11.9. The van der Waals surface area contributed by atoms with Crippen LogP contribution >= 0.6 is 11.3 Å². The number of para-hydroxylation sites is 1. The third-order valence-corrected chi connectivity index (χ3v) is 3.85. The van der Waals surface area contributed by atoms with E-state index in [1.165, 1.54) is 23.5 Å². The Hall–Kier alpha value is -2.45. The Morgan fingerprint density at radius 3 is 2.91 bits per heavy atom. The summed E-state index contributed by atoms with van der Waals surface area (Å²) < 4.78 is 24.7. The Morgan fingerprint density at radius 1 is 1.35 bits per heavy atom. The molecule has 0 aliphatic carbocycles. The van der Waals surface area contributed by atoms with Crippen molar-refractivity contribution in [1.82, 2.24) is 9.78 Å². The summed E-state index contributed by atoms with van der Waals surface area (Å²) in [6, 6.07) is 9.48. The number of aliphatic hydroxyl groups excluding tert-OH is 1. The number of halogens is 1. The molecular formula is C15H13FN2O4S. The molecule has 1 N–H and O–H groups in total. The Bertz CT molecular complexity index is 828. The lowest BCUT2D eigenvalue weighted by atomic mass is 10.3. The van der Waals surface area contributed by atoms with E-state index in [0.29, 0.717) is 0 Å². The highest BCUT2D eigenvalue weighted by molar-refractivity contribution is 7.13. The van der Waals surface area contributed by atoms with Gasteiger partial charge in [0.2, 0.25) is 0 Å². The van der Waals surface area contributed by atoms with Crippen LogP contribution in [0.15, 0.2) is 51.0 Å². The van der Waals surface area contributed by atoms with Gasteiger partial charge in [-0.1, -0.05) is 18.2 Å². The number of hydrogen-bond donors (Lipinski definition) is 1. The Balaban J connectivity index is 1.63. The molecule has 0 saturated carbocycles. The SMILES string of the molecule is O=c1oc(-c2cccs2)nn1CC(O)COc1ccccc1F. The molecule has 8 heteroatoms. The van der Waals surface area contributed by atoms with Crippen molar-refractivity contribution in [3.05, 3.63) is 58.1 Å². The van der Waals surface area contributed by atoms with Gasteiger partial charge in [-0.05, 0) is 23.6 Å². The molecule has 0 amide bonds. The lowest BCUT2D eigenvalue weighted by Gasteiger charge is -2.11. The molecule has 3 aromatic rings. The van der Waals surface area contributed by atoms with Gasteiger partial charge in [0.25, 0.3) is 5.89 Å². The number of benzene rings is 1. The van der Waals surface area contributed by atoms with Crippen LogP contribution in [0, 0.1) is 5.82 Å². The van der Waals surface area contributed by atoms with E-state index in [1.54, 1.807) is 18.2 Å². The van der Waals surface area contributed by atoms with Crippen LogP contribution in [-0.2, 0) is 6.54 Å². The van der Waals surface area contributed by atoms with Gasteiger partial charge < -0.3 is 14.3 Å². The number of thiophene rings is 1. The molecule has 0 fully saturated rings. The van der Waals surface area contributed by atoms with E-state index in [-0.39, 0.29) is 24.8 Å². The molecule has 0 saturated heterocycles. The molecule has 0 bridgehead atoms. The average molecular weight is 336 g/mol. The van der Waals surface area contributed by atoms with Gasteiger partial charge in [-0.15, -0.1) is 16.4 Å². The molecule has 23 heavy (non-hydrogen) atoms. The molecule has 0 aliphatic heterocycles. The number of aromatic nitrogens is 2. The summed E-state index contributed by atoms with van der Waals surface area (Å²) in [6.07, 6.45) is -1.03. The van der Waals surface area contributed by atoms with Crippen LogP contribution in [0.3, 0.4) is 0 Å². The van der Waals surface area contributed by atoms with Crippen LogP contribution in [0.4, 0.5) is 4.39 Å². The third kappa shape index (κ3) is 3.66. The fraction of sp³-hybridized carbons (Fsp3) is 0.200. The van der Waals surface area contributed by atoms with E-state index in [9.17, 15) is 14.3 Å². The summed E-state index contributed by atoms with van der Waals surface area (Å²) in [5.41, 5.74) is 0. The van der Waals surface area contributed by atoms with Crippen molar-refractivity contribution in [2.24, 2.45) is 0 Å². The van der Waals surface area contributed by atoms with Crippen LogP contribution < -0.4 is 10.5 Å². The second-order valence-corrected chi connectivity index (χ2v) is 5.68. The molecule has 120 valence electrons. The van der Waals surface area contributed by atoms with Gasteiger partial charge >= 0.3 is 5.76 Å². The summed E-state index contributed by atoms with van der Waals surface area (Å²) in [4.78, 5) is 12.4. The predicted octanol–water partition coefficient (Wildman–Crippen LogP) is 2.14. The van der Waals surface area contributed by atoms with Crippen molar-refractivity contribution >= 4 is 11.3 Å². The maximum atomic E-state index is 13.4. The maximum absolute atomic E-state index is 13.4. The highest BCUT2D eigenvalue weighted by atomic mass is 32.1. The zero-order valence-corrected chi connectivity index (χ0v) is 12.7. The topological polar surface area (TPSA) is 77.5 Å².